The molecule has 3 aromatic rings. The molecule has 0 saturated heterocycles. The Morgan fingerprint density at radius 1 is 1.03 bits per heavy atom. The topological polar surface area (TPSA) is 92.6 Å². The predicted octanol–water partition coefficient (Wildman–Crippen LogP) is 7.21. The maximum atomic E-state index is 14.0. The lowest BCUT2D eigenvalue weighted by Gasteiger charge is -2.35. The fourth-order valence-corrected chi connectivity index (χ4v) is 5.61. The zero-order chi connectivity index (χ0) is 27.5. The monoisotopic (exact) mass is 527 g/mol. The summed E-state index contributed by atoms with van der Waals surface area (Å²) in [4.78, 5) is 40.7. The molecule has 39 heavy (non-hydrogen) atoms. The number of nitro groups is 1. The first-order valence-electron chi connectivity index (χ1n) is 13.3. The Morgan fingerprint density at radius 3 is 2.54 bits per heavy atom. The number of carbonyl (C=O) groups excluding carboxylic acids is 2. The summed E-state index contributed by atoms with van der Waals surface area (Å²) >= 11 is 0. The van der Waals surface area contributed by atoms with Gasteiger partial charge in [0.1, 0.15) is 5.82 Å². The van der Waals surface area contributed by atoms with Crippen molar-refractivity contribution in [3.8, 4) is 0 Å². The summed E-state index contributed by atoms with van der Waals surface area (Å²) in [5, 5.41) is 15.1. The lowest BCUT2D eigenvalue weighted by atomic mass is 9.78. The van der Waals surface area contributed by atoms with Crippen molar-refractivity contribution in [1.82, 2.24) is 0 Å². The molecule has 0 fully saturated rings. The second-order valence-electron chi connectivity index (χ2n) is 10.1. The summed E-state index contributed by atoms with van der Waals surface area (Å²) in [5.74, 6) is -0.801. The number of hydrogen-bond acceptors (Lipinski definition) is 5. The molecule has 1 N–H and O–H groups in total. The van der Waals surface area contributed by atoms with E-state index < -0.39 is 11.0 Å². The van der Waals surface area contributed by atoms with Gasteiger partial charge in [-0.1, -0.05) is 56.2 Å². The number of benzene rings is 3. The van der Waals surface area contributed by atoms with Crippen LogP contribution in [0.15, 0.2) is 84.1 Å². The number of allylic oxidation sites excluding steroid dienone is 1. The predicted molar refractivity (Wildman–Crippen MR) is 148 cm³/mol. The van der Waals surface area contributed by atoms with Gasteiger partial charge in [0.25, 0.3) is 5.69 Å². The number of carbonyl (C=O) groups is 2. The molecule has 0 radical (unpaired) electrons. The van der Waals surface area contributed by atoms with Crippen molar-refractivity contribution < 1.29 is 18.9 Å². The molecular weight excluding hydrogens is 497 g/mol. The summed E-state index contributed by atoms with van der Waals surface area (Å²) in [7, 11) is 0. The number of unbranched alkanes of at least 4 members (excludes halogenated alkanes) is 2. The highest BCUT2D eigenvalue weighted by Gasteiger charge is 2.41. The number of para-hydroxylation sites is 2. The molecule has 0 bridgehead atoms. The van der Waals surface area contributed by atoms with Crippen LogP contribution in [-0.4, -0.2) is 16.6 Å². The van der Waals surface area contributed by atoms with E-state index in [1.807, 2.05) is 24.3 Å². The molecular formula is C31H30FN3O4. The Hall–Kier alpha value is -4.33. The molecule has 0 spiro atoms. The largest absolute Gasteiger partial charge is 0.357 e. The van der Waals surface area contributed by atoms with Gasteiger partial charge in [0.2, 0.25) is 5.91 Å². The smallest absolute Gasteiger partial charge is 0.269 e. The van der Waals surface area contributed by atoms with E-state index in [0.717, 1.165) is 18.4 Å². The number of nitro benzene ring substituents is 1. The van der Waals surface area contributed by atoms with Crippen molar-refractivity contribution in [3.63, 3.8) is 0 Å². The number of amides is 1. The minimum absolute atomic E-state index is 0.106. The van der Waals surface area contributed by atoms with E-state index in [1.165, 1.54) is 24.3 Å². The van der Waals surface area contributed by atoms with Gasteiger partial charge in [-0.3, -0.25) is 24.6 Å². The first kappa shape index (κ1) is 26.3. The summed E-state index contributed by atoms with van der Waals surface area (Å²) < 4.78 is 13.6. The number of non-ortho nitro benzene ring substituents is 1. The summed E-state index contributed by atoms with van der Waals surface area (Å²) in [6.07, 6.45) is 3.51. The Labute approximate surface area is 226 Å². The number of ketones is 1. The molecule has 1 heterocycles. The fourth-order valence-electron chi connectivity index (χ4n) is 5.61. The van der Waals surface area contributed by atoms with Gasteiger partial charge in [-0.05, 0) is 54.2 Å². The Balaban J connectivity index is 1.68. The maximum absolute atomic E-state index is 14.0. The zero-order valence-corrected chi connectivity index (χ0v) is 21.7. The Bertz CT molecular complexity index is 1450. The third-order valence-electron chi connectivity index (χ3n) is 7.49. The number of anilines is 2. The molecule has 8 heteroatoms. The van der Waals surface area contributed by atoms with Crippen LogP contribution in [0.5, 0.6) is 0 Å². The van der Waals surface area contributed by atoms with Crippen LogP contribution >= 0.6 is 0 Å². The Kier molecular flexibility index (Phi) is 7.54. The maximum Gasteiger partial charge on any atom is 0.269 e. The van der Waals surface area contributed by atoms with E-state index in [-0.39, 0.29) is 35.5 Å². The zero-order valence-electron chi connectivity index (χ0n) is 21.7. The van der Waals surface area contributed by atoms with Gasteiger partial charge in [-0.2, -0.15) is 0 Å². The Morgan fingerprint density at radius 2 is 1.79 bits per heavy atom. The van der Waals surface area contributed by atoms with Crippen LogP contribution in [0.25, 0.3) is 0 Å². The van der Waals surface area contributed by atoms with E-state index in [9.17, 15) is 24.1 Å². The highest BCUT2D eigenvalue weighted by atomic mass is 19.1. The molecule has 1 amide bonds. The van der Waals surface area contributed by atoms with Gasteiger partial charge in [0, 0.05) is 36.2 Å². The molecule has 0 unspecified atom stereocenters. The number of fused-ring (bicyclic) bond motifs is 1. The second kappa shape index (κ2) is 11.2. The summed E-state index contributed by atoms with van der Waals surface area (Å²) in [6, 6.07) is 18.9. The normalized spacial score (nSPS) is 18.6. The highest BCUT2D eigenvalue weighted by molar-refractivity contribution is 6.06. The van der Waals surface area contributed by atoms with E-state index >= 15 is 0 Å². The van der Waals surface area contributed by atoms with Crippen molar-refractivity contribution in [1.29, 1.82) is 0 Å². The van der Waals surface area contributed by atoms with Crippen LogP contribution in [0.2, 0.25) is 0 Å². The van der Waals surface area contributed by atoms with Crippen LogP contribution < -0.4 is 10.2 Å². The van der Waals surface area contributed by atoms with E-state index in [0.29, 0.717) is 47.5 Å². The average molecular weight is 528 g/mol. The molecule has 2 aliphatic rings. The van der Waals surface area contributed by atoms with E-state index in [2.05, 4.69) is 12.2 Å². The molecule has 0 saturated carbocycles. The lowest BCUT2D eigenvalue weighted by molar-refractivity contribution is -0.384. The number of hydrogen-bond donors (Lipinski definition) is 1. The number of rotatable bonds is 7. The van der Waals surface area contributed by atoms with Crippen LogP contribution in [0.3, 0.4) is 0 Å². The first-order valence-corrected chi connectivity index (χ1v) is 13.3. The van der Waals surface area contributed by atoms with Crippen LogP contribution in [-0.2, 0) is 9.59 Å². The van der Waals surface area contributed by atoms with Crippen LogP contribution in [0.4, 0.5) is 21.5 Å². The number of nitrogens with one attached hydrogen (secondary N) is 1. The highest BCUT2D eigenvalue weighted by Crippen LogP contribution is 2.48. The number of Topliss-reactive ketones (excluding diaryl/α,β-unsaturated/α-hetero) is 1. The second-order valence-corrected chi connectivity index (χ2v) is 10.1. The molecule has 3 aromatic carbocycles. The lowest BCUT2D eigenvalue weighted by Crippen LogP contribution is -2.38. The molecule has 7 nitrogen and oxygen atoms in total. The van der Waals surface area contributed by atoms with Gasteiger partial charge in [-0.15, -0.1) is 0 Å². The van der Waals surface area contributed by atoms with Crippen molar-refractivity contribution in [2.75, 3.05) is 10.2 Å². The van der Waals surface area contributed by atoms with Gasteiger partial charge in [0.15, 0.2) is 5.78 Å². The van der Waals surface area contributed by atoms with Crippen molar-refractivity contribution in [2.45, 2.75) is 57.4 Å². The summed E-state index contributed by atoms with van der Waals surface area (Å²) in [6.45, 7) is 2.07. The van der Waals surface area contributed by atoms with Gasteiger partial charge < -0.3 is 5.32 Å². The van der Waals surface area contributed by atoms with E-state index in [4.69, 9.17) is 0 Å². The SMILES string of the molecule is CCCCCC(=O)N1c2ccccc2NC2=C(C(=O)C[C@H](c3ccc(F)cc3)C2)[C@@H]1c1cccc([N+](=O)[O-])c1. The number of nitrogens with zero attached hydrogens (tertiary/aromatic N) is 2. The molecule has 2 atom stereocenters. The minimum atomic E-state index is -0.827. The van der Waals surface area contributed by atoms with Crippen molar-refractivity contribution >= 4 is 28.8 Å². The average Bonchev–Trinajstić information content (AvgIpc) is 3.08. The minimum Gasteiger partial charge on any atom is -0.357 e. The fraction of sp³-hybridized carbons (Fsp3) is 0.290. The quantitative estimate of drug-likeness (QED) is 0.199. The van der Waals surface area contributed by atoms with Crippen molar-refractivity contribution in [3.05, 3.63) is 111 Å². The molecule has 0 aromatic heterocycles. The summed E-state index contributed by atoms with van der Waals surface area (Å²) in [5.41, 5.74) is 3.68. The van der Waals surface area contributed by atoms with E-state index in [1.54, 1.807) is 29.2 Å². The van der Waals surface area contributed by atoms with Crippen molar-refractivity contribution in [2.24, 2.45) is 0 Å². The third kappa shape index (κ3) is 5.32. The van der Waals surface area contributed by atoms with Gasteiger partial charge in [0.05, 0.1) is 22.3 Å². The van der Waals surface area contributed by atoms with Gasteiger partial charge in [-0.25, -0.2) is 4.39 Å². The van der Waals surface area contributed by atoms with Gasteiger partial charge >= 0.3 is 0 Å². The molecule has 5 rings (SSSR count). The molecule has 1 aliphatic heterocycles. The van der Waals surface area contributed by atoms with Crippen LogP contribution in [0.1, 0.15) is 68.5 Å². The molecule has 200 valence electrons. The molecule has 1 aliphatic carbocycles. The standard InChI is InChI=1S/C31H30FN3O4/c1-2-3-4-12-29(37)34-27-11-6-5-10-25(27)33-26-18-22(20-13-15-23(32)16-14-20)19-28(36)30(26)31(34)21-8-7-9-24(17-21)35(38)39/h5-11,13-17,22,31,33H,2-4,12,18-19H2,1H3/t22-,31+/m1/s1. The third-order valence-corrected chi connectivity index (χ3v) is 7.49. The van der Waals surface area contributed by atoms with Crippen LogP contribution in [0, 0.1) is 15.9 Å². The first-order chi connectivity index (χ1) is 18.9. The number of halogens is 1.